The topological polar surface area (TPSA) is 20.3 Å². The van der Waals surface area contributed by atoms with Gasteiger partial charge in [0.15, 0.2) is 5.78 Å². The van der Waals surface area contributed by atoms with E-state index in [0.717, 1.165) is 17.5 Å². The molecule has 1 aromatic carbocycles. The van der Waals surface area contributed by atoms with Gasteiger partial charge in [0.1, 0.15) is 0 Å². The van der Waals surface area contributed by atoms with Crippen LogP contribution in [-0.4, -0.2) is 31.3 Å². The molecule has 0 heterocycles. The molecule has 122 valence electrons. The van der Waals surface area contributed by atoms with Crippen molar-refractivity contribution in [3.8, 4) is 0 Å². The first-order valence-electron chi connectivity index (χ1n) is 8.30. The van der Waals surface area contributed by atoms with Crippen molar-refractivity contribution >= 4 is 5.78 Å². The Kier molecular flexibility index (Phi) is 4.29. The number of hydrogen-bond acceptors (Lipinski definition) is 2. The van der Waals surface area contributed by atoms with E-state index >= 15 is 0 Å². The first-order valence-corrected chi connectivity index (χ1v) is 8.30. The summed E-state index contributed by atoms with van der Waals surface area (Å²) in [5.74, 6) is 0.857. The van der Waals surface area contributed by atoms with E-state index in [0.29, 0.717) is 12.5 Å². The van der Waals surface area contributed by atoms with Crippen LogP contribution in [0.15, 0.2) is 12.1 Å². The van der Waals surface area contributed by atoms with E-state index in [1.807, 2.05) is 19.0 Å². The molecular weight excluding hydrogens is 270 g/mol. The van der Waals surface area contributed by atoms with Crippen LogP contribution in [0, 0.1) is 12.8 Å². The molecule has 2 rings (SSSR count). The Labute approximate surface area is 135 Å². The molecule has 1 aliphatic rings. The second-order valence-electron chi connectivity index (χ2n) is 8.58. The van der Waals surface area contributed by atoms with Crippen LogP contribution >= 0.6 is 0 Å². The summed E-state index contributed by atoms with van der Waals surface area (Å²) in [7, 11) is 3.89. The number of benzene rings is 1. The normalized spacial score (nSPS) is 22.5. The van der Waals surface area contributed by atoms with Crippen LogP contribution in [0.4, 0.5) is 0 Å². The predicted molar refractivity (Wildman–Crippen MR) is 93.9 cm³/mol. The quantitative estimate of drug-likeness (QED) is 0.774. The summed E-state index contributed by atoms with van der Waals surface area (Å²) in [6, 6.07) is 4.46. The minimum Gasteiger partial charge on any atom is -0.302 e. The zero-order valence-corrected chi connectivity index (χ0v) is 15.5. The van der Waals surface area contributed by atoms with Crippen molar-refractivity contribution in [2.75, 3.05) is 20.6 Å². The van der Waals surface area contributed by atoms with Crippen LogP contribution in [0.25, 0.3) is 0 Å². The van der Waals surface area contributed by atoms with Crippen molar-refractivity contribution in [3.05, 3.63) is 34.4 Å². The molecule has 0 bridgehead atoms. The van der Waals surface area contributed by atoms with Gasteiger partial charge >= 0.3 is 0 Å². The van der Waals surface area contributed by atoms with Gasteiger partial charge in [0.25, 0.3) is 0 Å². The molecule has 0 fully saturated rings. The summed E-state index contributed by atoms with van der Waals surface area (Å²) in [5.41, 5.74) is 5.09. The number of hydrogen-bond donors (Lipinski definition) is 0. The standard InChI is InChI=1S/C20H31NO/c1-13-9-17-16(10-15(13)18(22)12-21(7)8)19(3,4)11-14(2)20(17,5)6/h9-10,14H,11-12H2,1-8H3. The number of rotatable bonds is 3. The summed E-state index contributed by atoms with van der Waals surface area (Å²) in [6.07, 6.45) is 1.16. The average molecular weight is 301 g/mol. The van der Waals surface area contributed by atoms with Gasteiger partial charge in [-0.05, 0) is 66.9 Å². The number of Topliss-reactive ketones (excluding diaryl/α,β-unsaturated/α-hetero) is 1. The maximum atomic E-state index is 12.6. The minimum absolute atomic E-state index is 0.130. The number of carbonyl (C=O) groups excluding carboxylic acids is 1. The smallest absolute Gasteiger partial charge is 0.177 e. The minimum atomic E-state index is 0.130. The van der Waals surface area contributed by atoms with Gasteiger partial charge < -0.3 is 4.90 Å². The fourth-order valence-corrected chi connectivity index (χ4v) is 3.87. The molecule has 0 N–H and O–H groups in total. The Morgan fingerprint density at radius 1 is 1.18 bits per heavy atom. The molecule has 0 radical (unpaired) electrons. The van der Waals surface area contributed by atoms with Gasteiger partial charge in [0.2, 0.25) is 0 Å². The zero-order chi connectivity index (χ0) is 16.9. The third kappa shape index (κ3) is 2.86. The predicted octanol–water partition coefficient (Wildman–Crippen LogP) is 4.33. The van der Waals surface area contributed by atoms with Crippen LogP contribution in [0.3, 0.4) is 0 Å². The second-order valence-corrected chi connectivity index (χ2v) is 8.58. The third-order valence-corrected chi connectivity index (χ3v) is 5.60. The molecular formula is C20H31NO. The lowest BCUT2D eigenvalue weighted by atomic mass is 9.58. The lowest BCUT2D eigenvalue weighted by molar-refractivity contribution is 0.0956. The van der Waals surface area contributed by atoms with E-state index in [1.54, 1.807) is 0 Å². The Bertz CT molecular complexity index is 596. The van der Waals surface area contributed by atoms with Crippen molar-refractivity contribution in [3.63, 3.8) is 0 Å². The molecule has 0 saturated heterocycles. The van der Waals surface area contributed by atoms with Crippen LogP contribution in [0.2, 0.25) is 0 Å². The van der Waals surface area contributed by atoms with Crippen molar-refractivity contribution in [2.45, 2.75) is 58.8 Å². The van der Waals surface area contributed by atoms with Crippen LogP contribution in [0.5, 0.6) is 0 Å². The van der Waals surface area contributed by atoms with Gasteiger partial charge in [-0.2, -0.15) is 0 Å². The van der Waals surface area contributed by atoms with Gasteiger partial charge in [0.05, 0.1) is 6.54 Å². The summed E-state index contributed by atoms with van der Waals surface area (Å²) in [6.45, 7) is 14.2. The number of nitrogens with zero attached hydrogens (tertiary/aromatic N) is 1. The zero-order valence-electron chi connectivity index (χ0n) is 15.5. The molecule has 1 atom stereocenters. The SMILES string of the molecule is Cc1cc2c(cc1C(=O)CN(C)C)C(C)(C)CC(C)C2(C)C. The molecule has 1 unspecified atom stereocenters. The van der Waals surface area contributed by atoms with Crippen LogP contribution in [0.1, 0.15) is 68.1 Å². The third-order valence-electron chi connectivity index (χ3n) is 5.60. The van der Waals surface area contributed by atoms with Crippen molar-refractivity contribution in [2.24, 2.45) is 5.92 Å². The van der Waals surface area contributed by atoms with E-state index < -0.39 is 0 Å². The van der Waals surface area contributed by atoms with Gasteiger partial charge in [-0.3, -0.25) is 4.79 Å². The molecule has 0 aliphatic heterocycles. The van der Waals surface area contributed by atoms with Gasteiger partial charge in [-0.1, -0.05) is 40.7 Å². The molecule has 2 nitrogen and oxygen atoms in total. The maximum absolute atomic E-state index is 12.6. The second kappa shape index (κ2) is 5.49. The molecule has 22 heavy (non-hydrogen) atoms. The van der Waals surface area contributed by atoms with E-state index in [1.165, 1.54) is 11.1 Å². The van der Waals surface area contributed by atoms with Crippen molar-refractivity contribution < 1.29 is 4.79 Å². The monoisotopic (exact) mass is 301 g/mol. The highest BCUT2D eigenvalue weighted by molar-refractivity contribution is 5.99. The number of likely N-dealkylation sites (N-methyl/N-ethyl adjacent to an activating group) is 1. The first-order chi connectivity index (χ1) is 9.96. The van der Waals surface area contributed by atoms with Crippen molar-refractivity contribution in [1.29, 1.82) is 0 Å². The Morgan fingerprint density at radius 3 is 2.32 bits per heavy atom. The highest BCUT2D eigenvalue weighted by Gasteiger charge is 2.42. The molecule has 0 spiro atoms. The molecule has 1 aliphatic carbocycles. The fourth-order valence-electron chi connectivity index (χ4n) is 3.87. The van der Waals surface area contributed by atoms with Crippen LogP contribution in [-0.2, 0) is 10.8 Å². The van der Waals surface area contributed by atoms with Crippen molar-refractivity contribution in [1.82, 2.24) is 4.90 Å². The molecule has 0 saturated carbocycles. The lowest BCUT2D eigenvalue weighted by Gasteiger charge is -2.47. The highest BCUT2D eigenvalue weighted by atomic mass is 16.1. The van der Waals surface area contributed by atoms with Gasteiger partial charge in [-0.25, -0.2) is 0 Å². The largest absolute Gasteiger partial charge is 0.302 e. The summed E-state index contributed by atoms with van der Waals surface area (Å²) < 4.78 is 0. The van der Waals surface area contributed by atoms with Crippen LogP contribution < -0.4 is 0 Å². The molecule has 2 heteroatoms. The Balaban J connectivity index is 2.60. The number of carbonyl (C=O) groups is 1. The summed E-state index contributed by atoms with van der Waals surface area (Å²) >= 11 is 0. The summed E-state index contributed by atoms with van der Waals surface area (Å²) in [4.78, 5) is 14.5. The maximum Gasteiger partial charge on any atom is 0.177 e. The van der Waals surface area contributed by atoms with E-state index in [2.05, 4.69) is 53.7 Å². The van der Waals surface area contributed by atoms with E-state index in [-0.39, 0.29) is 16.6 Å². The lowest BCUT2D eigenvalue weighted by Crippen LogP contribution is -2.40. The number of ketones is 1. The highest BCUT2D eigenvalue weighted by Crippen LogP contribution is 2.49. The average Bonchev–Trinajstić information content (AvgIpc) is 2.34. The van der Waals surface area contributed by atoms with Gasteiger partial charge in [0, 0.05) is 5.56 Å². The van der Waals surface area contributed by atoms with Gasteiger partial charge in [-0.15, -0.1) is 0 Å². The molecule has 0 amide bonds. The molecule has 1 aromatic rings. The molecule has 0 aromatic heterocycles. The summed E-state index contributed by atoms with van der Waals surface area (Å²) in [5, 5.41) is 0. The Hall–Kier alpha value is -1.15. The number of fused-ring (bicyclic) bond motifs is 1. The first kappa shape index (κ1) is 17.2. The number of aryl methyl sites for hydroxylation is 1. The fraction of sp³-hybridized carbons (Fsp3) is 0.650. The van der Waals surface area contributed by atoms with E-state index in [9.17, 15) is 4.79 Å². The Morgan fingerprint density at radius 2 is 1.77 bits per heavy atom. The van der Waals surface area contributed by atoms with E-state index in [4.69, 9.17) is 0 Å².